The summed E-state index contributed by atoms with van der Waals surface area (Å²) in [5.74, 6) is -2.79. The minimum atomic E-state index is -0.873. The number of anilines is 2. The van der Waals surface area contributed by atoms with Crippen LogP contribution in [0.1, 0.15) is 33.3 Å². The van der Waals surface area contributed by atoms with Gasteiger partial charge in [-0.15, -0.1) is 0 Å². The summed E-state index contributed by atoms with van der Waals surface area (Å²) < 4.78 is 27.3. The normalized spacial score (nSPS) is 11.2. The first-order chi connectivity index (χ1) is 12.1. The van der Waals surface area contributed by atoms with E-state index in [0.29, 0.717) is 5.69 Å². The molecule has 0 bridgehead atoms. The van der Waals surface area contributed by atoms with Crippen LogP contribution in [0.15, 0.2) is 42.5 Å². The van der Waals surface area contributed by atoms with E-state index in [-0.39, 0.29) is 17.9 Å². The number of rotatable bonds is 4. The molecule has 26 heavy (non-hydrogen) atoms. The van der Waals surface area contributed by atoms with E-state index in [2.05, 4.69) is 26.1 Å². The topological polar surface area (TPSA) is 49.4 Å². The van der Waals surface area contributed by atoms with Gasteiger partial charge in [-0.1, -0.05) is 39.0 Å². The minimum Gasteiger partial charge on any atom is -0.320 e. The molecule has 0 spiro atoms. The van der Waals surface area contributed by atoms with E-state index in [1.165, 1.54) is 17.9 Å². The van der Waals surface area contributed by atoms with E-state index >= 15 is 0 Å². The van der Waals surface area contributed by atoms with Gasteiger partial charge < -0.3 is 10.2 Å². The number of hydrogen-bond acceptors (Lipinski definition) is 2. The molecule has 0 heterocycles. The Hall–Kier alpha value is -2.76. The summed E-state index contributed by atoms with van der Waals surface area (Å²) in [6, 6.07) is 10.6. The van der Waals surface area contributed by atoms with E-state index < -0.39 is 23.2 Å². The van der Waals surface area contributed by atoms with Crippen molar-refractivity contribution >= 4 is 23.2 Å². The molecule has 1 N–H and O–H groups in total. The van der Waals surface area contributed by atoms with Crippen molar-refractivity contribution in [1.82, 2.24) is 0 Å². The van der Waals surface area contributed by atoms with Crippen molar-refractivity contribution in [1.29, 1.82) is 0 Å². The van der Waals surface area contributed by atoms with Gasteiger partial charge in [0.05, 0.1) is 0 Å². The number of para-hydroxylation sites is 1. The first kappa shape index (κ1) is 19.6. The van der Waals surface area contributed by atoms with Crippen molar-refractivity contribution in [3.05, 3.63) is 59.7 Å². The second-order valence-electron chi connectivity index (χ2n) is 7.05. The van der Waals surface area contributed by atoms with Crippen LogP contribution in [0.5, 0.6) is 0 Å². The molecule has 2 aromatic carbocycles. The molecule has 0 saturated heterocycles. The smallest absolute Gasteiger partial charge is 0.244 e. The quantitative estimate of drug-likeness (QED) is 0.886. The maximum Gasteiger partial charge on any atom is 0.244 e. The summed E-state index contributed by atoms with van der Waals surface area (Å²) in [5, 5.41) is 2.19. The van der Waals surface area contributed by atoms with Gasteiger partial charge in [0.15, 0.2) is 0 Å². The first-order valence-corrected chi connectivity index (χ1v) is 8.22. The molecule has 0 aliphatic rings. The van der Waals surface area contributed by atoms with Crippen LogP contribution in [-0.2, 0) is 15.0 Å². The zero-order valence-electron chi connectivity index (χ0n) is 15.3. The molecule has 0 atom stereocenters. The molecule has 0 unspecified atom stereocenters. The SMILES string of the molecule is CC(=O)N(CC(=O)Nc1c(F)cccc1F)c1ccc(C(C)(C)C)cc1. The summed E-state index contributed by atoms with van der Waals surface area (Å²) in [5.41, 5.74) is 1.06. The van der Waals surface area contributed by atoms with Gasteiger partial charge in [0.25, 0.3) is 0 Å². The summed E-state index contributed by atoms with van der Waals surface area (Å²) in [4.78, 5) is 25.4. The third-order valence-electron chi connectivity index (χ3n) is 3.95. The molecule has 4 nitrogen and oxygen atoms in total. The molecule has 0 fully saturated rings. The lowest BCUT2D eigenvalue weighted by Crippen LogP contribution is -2.37. The van der Waals surface area contributed by atoms with Crippen LogP contribution in [0.3, 0.4) is 0 Å². The van der Waals surface area contributed by atoms with Crippen LogP contribution in [-0.4, -0.2) is 18.4 Å². The summed E-state index contributed by atoms with van der Waals surface area (Å²) in [6.45, 7) is 7.19. The number of nitrogens with one attached hydrogen (secondary N) is 1. The average molecular weight is 360 g/mol. The molecule has 138 valence electrons. The Kier molecular flexibility index (Phi) is 5.75. The summed E-state index contributed by atoms with van der Waals surface area (Å²) in [6.07, 6.45) is 0. The van der Waals surface area contributed by atoms with Crippen molar-refractivity contribution in [2.75, 3.05) is 16.8 Å². The van der Waals surface area contributed by atoms with Crippen LogP contribution in [0.2, 0.25) is 0 Å². The van der Waals surface area contributed by atoms with Crippen molar-refractivity contribution in [3.63, 3.8) is 0 Å². The van der Waals surface area contributed by atoms with Gasteiger partial charge in [-0.3, -0.25) is 9.59 Å². The third-order valence-corrected chi connectivity index (χ3v) is 3.95. The molecule has 6 heteroatoms. The van der Waals surface area contributed by atoms with Crippen molar-refractivity contribution in [3.8, 4) is 0 Å². The van der Waals surface area contributed by atoms with Crippen LogP contribution < -0.4 is 10.2 Å². The Morgan fingerprint density at radius 1 is 1.00 bits per heavy atom. The molecule has 0 saturated carbocycles. The fourth-order valence-corrected chi connectivity index (χ4v) is 2.47. The number of benzene rings is 2. The van der Waals surface area contributed by atoms with Crippen LogP contribution >= 0.6 is 0 Å². The molecule has 0 radical (unpaired) electrons. The highest BCUT2D eigenvalue weighted by molar-refractivity contribution is 6.01. The Morgan fingerprint density at radius 2 is 1.54 bits per heavy atom. The maximum absolute atomic E-state index is 13.7. The molecule has 0 aliphatic heterocycles. The van der Waals surface area contributed by atoms with Crippen molar-refractivity contribution in [2.24, 2.45) is 0 Å². The maximum atomic E-state index is 13.7. The van der Waals surface area contributed by atoms with Gasteiger partial charge in [0.1, 0.15) is 23.9 Å². The number of nitrogens with zero attached hydrogens (tertiary/aromatic N) is 1. The van der Waals surface area contributed by atoms with Gasteiger partial charge in [-0.2, -0.15) is 0 Å². The molecule has 2 rings (SSSR count). The Bertz CT molecular complexity index is 791. The fourth-order valence-electron chi connectivity index (χ4n) is 2.47. The average Bonchev–Trinajstić information content (AvgIpc) is 2.55. The number of carbonyl (C=O) groups is 2. The van der Waals surface area contributed by atoms with Gasteiger partial charge in [-0.05, 0) is 35.2 Å². The number of halogens is 2. The molecule has 2 amide bonds. The van der Waals surface area contributed by atoms with E-state index in [9.17, 15) is 18.4 Å². The van der Waals surface area contributed by atoms with Crippen LogP contribution in [0, 0.1) is 11.6 Å². The Labute approximate surface area is 151 Å². The fraction of sp³-hybridized carbons (Fsp3) is 0.300. The van der Waals surface area contributed by atoms with Gasteiger partial charge >= 0.3 is 0 Å². The highest BCUT2D eigenvalue weighted by Gasteiger charge is 2.19. The predicted molar refractivity (Wildman–Crippen MR) is 98.2 cm³/mol. The number of hydrogen-bond donors (Lipinski definition) is 1. The molecule has 2 aromatic rings. The van der Waals surface area contributed by atoms with Crippen LogP contribution in [0.25, 0.3) is 0 Å². The third kappa shape index (κ3) is 4.65. The molecular formula is C20H22F2N2O2. The lowest BCUT2D eigenvalue weighted by molar-refractivity contribution is -0.120. The lowest BCUT2D eigenvalue weighted by atomic mass is 9.87. The predicted octanol–water partition coefficient (Wildman–Crippen LogP) is 4.25. The van der Waals surface area contributed by atoms with Gasteiger partial charge in [-0.25, -0.2) is 8.78 Å². The van der Waals surface area contributed by atoms with E-state index in [4.69, 9.17) is 0 Å². The van der Waals surface area contributed by atoms with Crippen molar-refractivity contribution < 1.29 is 18.4 Å². The highest BCUT2D eigenvalue weighted by Crippen LogP contribution is 2.25. The largest absolute Gasteiger partial charge is 0.320 e. The van der Waals surface area contributed by atoms with Crippen molar-refractivity contribution in [2.45, 2.75) is 33.1 Å². The number of amides is 2. The van der Waals surface area contributed by atoms with Gasteiger partial charge in [0.2, 0.25) is 11.8 Å². The standard InChI is InChI=1S/C20H22F2N2O2/c1-13(25)24(15-10-8-14(9-11-15)20(2,3)4)12-18(26)23-19-16(21)6-5-7-17(19)22/h5-11H,12H2,1-4H3,(H,23,26). The van der Waals surface area contributed by atoms with E-state index in [1.807, 2.05) is 12.1 Å². The summed E-state index contributed by atoms with van der Waals surface area (Å²) >= 11 is 0. The highest BCUT2D eigenvalue weighted by atomic mass is 19.1. The lowest BCUT2D eigenvalue weighted by Gasteiger charge is -2.23. The minimum absolute atomic E-state index is 0.0423. The zero-order valence-corrected chi connectivity index (χ0v) is 15.3. The zero-order chi connectivity index (χ0) is 19.5. The Morgan fingerprint density at radius 3 is 2.00 bits per heavy atom. The second kappa shape index (κ2) is 7.64. The van der Waals surface area contributed by atoms with E-state index in [0.717, 1.165) is 17.7 Å². The first-order valence-electron chi connectivity index (χ1n) is 8.22. The van der Waals surface area contributed by atoms with E-state index in [1.54, 1.807) is 12.1 Å². The van der Waals surface area contributed by atoms with Crippen LogP contribution in [0.4, 0.5) is 20.2 Å². The Balaban J connectivity index is 2.18. The molecular weight excluding hydrogens is 338 g/mol. The second-order valence-corrected chi connectivity index (χ2v) is 7.05. The molecule has 0 aromatic heterocycles. The number of carbonyl (C=O) groups excluding carboxylic acids is 2. The monoisotopic (exact) mass is 360 g/mol. The summed E-state index contributed by atoms with van der Waals surface area (Å²) in [7, 11) is 0. The molecule has 0 aliphatic carbocycles. The van der Waals surface area contributed by atoms with Gasteiger partial charge in [0, 0.05) is 12.6 Å².